The quantitative estimate of drug-likeness (QED) is 0.573. The summed E-state index contributed by atoms with van der Waals surface area (Å²) >= 11 is 0. The first-order chi connectivity index (χ1) is 18.1. The maximum atomic E-state index is 14.4. The van der Waals surface area contributed by atoms with Crippen LogP contribution in [0.1, 0.15) is 42.9 Å². The number of carbonyl (C=O) groups is 4. The van der Waals surface area contributed by atoms with Crippen molar-refractivity contribution in [2.45, 2.75) is 50.8 Å². The minimum absolute atomic E-state index is 0.0172. The Hall–Kier alpha value is -4.02. The van der Waals surface area contributed by atoms with Gasteiger partial charge in [0.25, 0.3) is 5.91 Å². The predicted molar refractivity (Wildman–Crippen MR) is 132 cm³/mol. The smallest absolute Gasteiger partial charge is 0.418 e. The summed E-state index contributed by atoms with van der Waals surface area (Å²) in [4.78, 5) is 53.7. The molecule has 1 saturated carbocycles. The Morgan fingerprint density at radius 2 is 1.97 bits per heavy atom. The zero-order valence-corrected chi connectivity index (χ0v) is 21.1. The number of nitrogens with zero attached hydrogens (tertiary/aromatic N) is 2. The molecule has 3 aliphatic rings. The van der Waals surface area contributed by atoms with E-state index in [4.69, 9.17) is 4.74 Å². The SMILES string of the molecule is CNC(=O)Nc1ccc2c(c1)CC[C@@]21OC(=O)N(CC(=O)N(Cc2cccc(F)c2F)C(C)C2CC2)C1=O. The Morgan fingerprint density at radius 3 is 2.68 bits per heavy atom. The minimum Gasteiger partial charge on any atom is -0.427 e. The molecular formula is C27H28F2N4O5. The lowest BCUT2D eigenvalue weighted by Gasteiger charge is -2.31. The van der Waals surface area contributed by atoms with Gasteiger partial charge in [0.15, 0.2) is 11.6 Å². The highest BCUT2D eigenvalue weighted by atomic mass is 19.2. The number of amides is 5. The largest absolute Gasteiger partial charge is 0.427 e. The van der Waals surface area contributed by atoms with E-state index in [2.05, 4.69) is 10.6 Å². The molecule has 1 aliphatic heterocycles. The summed E-state index contributed by atoms with van der Waals surface area (Å²) in [7, 11) is 1.49. The van der Waals surface area contributed by atoms with Gasteiger partial charge in [0.05, 0.1) is 0 Å². The number of fused-ring (bicyclic) bond motifs is 2. The van der Waals surface area contributed by atoms with Crippen LogP contribution in [-0.2, 0) is 32.9 Å². The summed E-state index contributed by atoms with van der Waals surface area (Å²) in [5.41, 5.74) is 0.263. The second kappa shape index (κ2) is 9.70. The van der Waals surface area contributed by atoms with Gasteiger partial charge in [-0.3, -0.25) is 9.59 Å². The van der Waals surface area contributed by atoms with Crippen LogP contribution in [0.25, 0.3) is 0 Å². The van der Waals surface area contributed by atoms with Gasteiger partial charge in [-0.05, 0) is 55.9 Å². The molecule has 2 aromatic carbocycles. The molecule has 2 atom stereocenters. The molecule has 200 valence electrons. The van der Waals surface area contributed by atoms with E-state index in [1.165, 1.54) is 24.1 Å². The lowest BCUT2D eigenvalue weighted by Crippen LogP contribution is -2.47. The highest BCUT2D eigenvalue weighted by Crippen LogP contribution is 2.46. The number of imide groups is 1. The summed E-state index contributed by atoms with van der Waals surface area (Å²) in [6, 6.07) is 8.08. The second-order valence-electron chi connectivity index (χ2n) is 9.97. The van der Waals surface area contributed by atoms with Gasteiger partial charge in [-0.2, -0.15) is 0 Å². The average molecular weight is 527 g/mol. The van der Waals surface area contributed by atoms with Gasteiger partial charge < -0.3 is 20.3 Å². The van der Waals surface area contributed by atoms with Crippen molar-refractivity contribution in [2.75, 3.05) is 18.9 Å². The number of anilines is 1. The summed E-state index contributed by atoms with van der Waals surface area (Å²) in [6.45, 7) is 1.07. The standard InChI is InChI=1S/C27H28F2N4O5/c1-15(16-6-7-16)32(13-18-4-3-5-21(28)23(18)29)22(34)14-33-24(35)27(38-26(33)37)11-10-17-12-19(8-9-20(17)27)31-25(36)30-2/h3-5,8-9,12,15-16H,6-7,10-11,13-14H2,1-2H3,(H2,30,31,36)/t15?,27-/m1/s1. The van der Waals surface area contributed by atoms with Crippen LogP contribution >= 0.6 is 0 Å². The van der Waals surface area contributed by atoms with E-state index in [9.17, 15) is 28.0 Å². The fourth-order valence-electron chi connectivity index (χ4n) is 5.30. The van der Waals surface area contributed by atoms with E-state index in [1.54, 1.807) is 18.2 Å². The molecule has 0 bridgehead atoms. The van der Waals surface area contributed by atoms with Crippen molar-refractivity contribution in [3.8, 4) is 0 Å². The fourth-order valence-corrected chi connectivity index (χ4v) is 5.30. The Bertz CT molecular complexity index is 1330. The maximum Gasteiger partial charge on any atom is 0.418 e. The van der Waals surface area contributed by atoms with E-state index in [1.807, 2.05) is 6.92 Å². The molecule has 2 aliphatic carbocycles. The molecule has 9 nitrogen and oxygen atoms in total. The minimum atomic E-state index is -1.54. The van der Waals surface area contributed by atoms with Crippen LogP contribution in [0.3, 0.4) is 0 Å². The monoisotopic (exact) mass is 526 g/mol. The summed E-state index contributed by atoms with van der Waals surface area (Å²) in [5.74, 6) is -3.03. The molecular weight excluding hydrogens is 498 g/mol. The van der Waals surface area contributed by atoms with E-state index >= 15 is 0 Å². The van der Waals surface area contributed by atoms with Gasteiger partial charge in [-0.15, -0.1) is 0 Å². The Morgan fingerprint density at radius 1 is 1.21 bits per heavy atom. The number of ether oxygens (including phenoxy) is 1. The topological polar surface area (TPSA) is 108 Å². The first-order valence-corrected chi connectivity index (χ1v) is 12.5. The van der Waals surface area contributed by atoms with Crippen molar-refractivity contribution in [2.24, 2.45) is 5.92 Å². The fraction of sp³-hybridized carbons (Fsp3) is 0.407. The number of aryl methyl sites for hydroxylation is 1. The van der Waals surface area contributed by atoms with Gasteiger partial charge in [0.2, 0.25) is 11.5 Å². The highest BCUT2D eigenvalue weighted by molar-refractivity contribution is 6.06. The number of carbonyl (C=O) groups excluding carboxylic acids is 4. The first-order valence-electron chi connectivity index (χ1n) is 12.5. The third kappa shape index (κ3) is 4.46. The number of hydrogen-bond donors (Lipinski definition) is 2. The lowest BCUT2D eigenvalue weighted by molar-refractivity contribution is -0.143. The van der Waals surface area contributed by atoms with Crippen LogP contribution in [0.15, 0.2) is 36.4 Å². The summed E-state index contributed by atoms with van der Waals surface area (Å²) in [6.07, 6.45) is 1.51. The Kier molecular flexibility index (Phi) is 6.54. The molecule has 1 unspecified atom stereocenters. The van der Waals surface area contributed by atoms with Crippen molar-refractivity contribution < 1.29 is 32.7 Å². The van der Waals surface area contributed by atoms with Crippen molar-refractivity contribution in [1.82, 2.24) is 15.1 Å². The predicted octanol–water partition coefficient (Wildman–Crippen LogP) is 3.66. The number of benzene rings is 2. The average Bonchev–Trinajstić information content (AvgIpc) is 3.65. The number of halogens is 2. The highest BCUT2D eigenvalue weighted by Gasteiger charge is 2.58. The number of nitrogens with one attached hydrogen (secondary N) is 2. The zero-order valence-electron chi connectivity index (χ0n) is 21.1. The van der Waals surface area contributed by atoms with Crippen molar-refractivity contribution in [3.05, 3.63) is 64.7 Å². The Labute approximate surface area is 218 Å². The van der Waals surface area contributed by atoms with Crippen LogP contribution in [0.5, 0.6) is 0 Å². The van der Waals surface area contributed by atoms with Gasteiger partial charge in [-0.25, -0.2) is 23.3 Å². The summed E-state index contributed by atoms with van der Waals surface area (Å²) < 4.78 is 33.8. The normalized spacial score (nSPS) is 20.8. The van der Waals surface area contributed by atoms with E-state index < -0.39 is 47.7 Å². The molecule has 2 fully saturated rings. The molecule has 1 heterocycles. The number of hydrogen-bond acceptors (Lipinski definition) is 5. The molecule has 0 aromatic heterocycles. The van der Waals surface area contributed by atoms with Crippen LogP contribution in [-0.4, -0.2) is 53.4 Å². The summed E-state index contributed by atoms with van der Waals surface area (Å²) in [5, 5.41) is 5.13. The Balaban J connectivity index is 1.36. The van der Waals surface area contributed by atoms with Crippen LogP contribution < -0.4 is 10.6 Å². The van der Waals surface area contributed by atoms with Gasteiger partial charge in [0, 0.05) is 42.9 Å². The van der Waals surface area contributed by atoms with E-state index in [0.29, 0.717) is 17.7 Å². The van der Waals surface area contributed by atoms with E-state index in [0.717, 1.165) is 29.4 Å². The lowest BCUT2D eigenvalue weighted by atomic mass is 9.94. The number of rotatable bonds is 7. The third-order valence-corrected chi connectivity index (χ3v) is 7.63. The van der Waals surface area contributed by atoms with Gasteiger partial charge in [-0.1, -0.05) is 18.2 Å². The van der Waals surface area contributed by atoms with Gasteiger partial charge in [0.1, 0.15) is 6.54 Å². The molecule has 5 rings (SSSR count). The molecule has 2 aromatic rings. The molecule has 11 heteroatoms. The first kappa shape index (κ1) is 25.6. The van der Waals surface area contributed by atoms with Crippen LogP contribution in [0.2, 0.25) is 0 Å². The second-order valence-corrected chi connectivity index (χ2v) is 9.97. The number of urea groups is 1. The maximum absolute atomic E-state index is 14.4. The van der Waals surface area contributed by atoms with Crippen LogP contribution in [0, 0.1) is 17.6 Å². The van der Waals surface area contributed by atoms with Crippen molar-refractivity contribution in [3.63, 3.8) is 0 Å². The molecule has 1 saturated heterocycles. The molecule has 38 heavy (non-hydrogen) atoms. The van der Waals surface area contributed by atoms with Crippen molar-refractivity contribution in [1.29, 1.82) is 0 Å². The molecule has 2 N–H and O–H groups in total. The molecule has 0 radical (unpaired) electrons. The molecule has 1 spiro atoms. The zero-order chi connectivity index (χ0) is 27.2. The van der Waals surface area contributed by atoms with Crippen LogP contribution in [0.4, 0.5) is 24.1 Å². The van der Waals surface area contributed by atoms with E-state index in [-0.39, 0.29) is 30.5 Å². The molecule has 5 amide bonds. The van der Waals surface area contributed by atoms with Gasteiger partial charge >= 0.3 is 12.1 Å². The van der Waals surface area contributed by atoms with Crippen molar-refractivity contribution >= 4 is 29.6 Å². The third-order valence-electron chi connectivity index (χ3n) is 7.63.